The summed E-state index contributed by atoms with van der Waals surface area (Å²) in [7, 11) is 0. The molecule has 1 aromatic rings. The van der Waals surface area contributed by atoms with Crippen molar-refractivity contribution >= 4 is 11.9 Å². The van der Waals surface area contributed by atoms with E-state index in [1.165, 1.54) is 0 Å². The van der Waals surface area contributed by atoms with Gasteiger partial charge in [0.1, 0.15) is 5.60 Å². The molecule has 0 N–H and O–H groups in total. The lowest BCUT2D eigenvalue weighted by molar-refractivity contribution is -0.0997. The van der Waals surface area contributed by atoms with Gasteiger partial charge in [-0.3, -0.25) is 0 Å². The number of ether oxygens (including phenoxy) is 3. The van der Waals surface area contributed by atoms with E-state index >= 15 is 0 Å². The molecule has 0 aliphatic heterocycles. The van der Waals surface area contributed by atoms with Crippen molar-refractivity contribution in [1.29, 1.82) is 0 Å². The van der Waals surface area contributed by atoms with Crippen LogP contribution in [0.5, 0.6) is 0 Å². The monoisotopic (exact) mass is 364 g/mol. The molecule has 146 valence electrons. The predicted octanol–water partition coefficient (Wildman–Crippen LogP) is 4.99. The molecule has 0 saturated heterocycles. The van der Waals surface area contributed by atoms with Crippen LogP contribution in [0, 0.1) is 5.41 Å². The smallest absolute Gasteiger partial charge is 0.341 e. The van der Waals surface area contributed by atoms with Crippen molar-refractivity contribution in [2.24, 2.45) is 5.41 Å². The minimum absolute atomic E-state index is 0.173. The van der Waals surface area contributed by atoms with Crippen molar-refractivity contribution in [3.8, 4) is 0 Å². The number of carbonyl (C=O) groups excluding carboxylic acids is 2. The normalized spacial score (nSPS) is 13.2. The number of hydrogen-bond acceptors (Lipinski definition) is 5. The Hall–Kier alpha value is -1.88. The summed E-state index contributed by atoms with van der Waals surface area (Å²) in [5.74, 6) is -1.15. The van der Waals surface area contributed by atoms with Gasteiger partial charge in [0.25, 0.3) is 0 Å². The quantitative estimate of drug-likeness (QED) is 0.387. The summed E-state index contributed by atoms with van der Waals surface area (Å²) in [6, 6.07) is 6.47. The third kappa shape index (κ3) is 8.48. The molecule has 0 heterocycles. The van der Waals surface area contributed by atoms with E-state index < -0.39 is 23.8 Å². The van der Waals surface area contributed by atoms with Crippen LogP contribution in [-0.4, -0.2) is 30.4 Å². The van der Waals surface area contributed by atoms with Crippen LogP contribution in [0.4, 0.5) is 0 Å². The molecule has 0 aromatic heterocycles. The third-order valence-corrected chi connectivity index (χ3v) is 3.46. The zero-order valence-corrected chi connectivity index (χ0v) is 17.0. The van der Waals surface area contributed by atoms with Crippen molar-refractivity contribution in [3.63, 3.8) is 0 Å². The van der Waals surface area contributed by atoms with E-state index in [0.29, 0.717) is 6.61 Å². The Morgan fingerprint density at radius 3 is 2.00 bits per heavy atom. The number of benzene rings is 1. The van der Waals surface area contributed by atoms with Crippen molar-refractivity contribution in [1.82, 2.24) is 0 Å². The molecule has 0 radical (unpaired) electrons. The van der Waals surface area contributed by atoms with Crippen molar-refractivity contribution < 1.29 is 23.8 Å². The molecule has 5 heteroatoms. The highest BCUT2D eigenvalue weighted by Crippen LogP contribution is 2.21. The number of hydrogen-bond donors (Lipinski definition) is 0. The summed E-state index contributed by atoms with van der Waals surface area (Å²) in [4.78, 5) is 24.7. The first-order valence-corrected chi connectivity index (χ1v) is 9.04. The van der Waals surface area contributed by atoms with Gasteiger partial charge in [0.05, 0.1) is 17.7 Å². The highest BCUT2D eigenvalue weighted by molar-refractivity contribution is 6.03. The highest BCUT2D eigenvalue weighted by Gasteiger charge is 2.24. The van der Waals surface area contributed by atoms with Gasteiger partial charge in [0, 0.05) is 0 Å². The van der Waals surface area contributed by atoms with Crippen LogP contribution in [-0.2, 0) is 14.2 Å². The Balaban J connectivity index is 2.66. The maximum absolute atomic E-state index is 12.4. The average molecular weight is 364 g/mol. The molecule has 0 fully saturated rings. The second-order valence-corrected chi connectivity index (χ2v) is 8.56. The van der Waals surface area contributed by atoms with E-state index in [1.54, 1.807) is 52.0 Å². The van der Waals surface area contributed by atoms with Gasteiger partial charge in [-0.1, -0.05) is 32.9 Å². The summed E-state index contributed by atoms with van der Waals surface area (Å²) in [5.41, 5.74) is -0.0352. The van der Waals surface area contributed by atoms with Crippen molar-refractivity contribution in [2.45, 2.75) is 73.2 Å². The highest BCUT2D eigenvalue weighted by atomic mass is 16.7. The van der Waals surface area contributed by atoms with Crippen LogP contribution in [0.25, 0.3) is 0 Å². The van der Waals surface area contributed by atoms with Gasteiger partial charge in [0.15, 0.2) is 6.29 Å². The maximum Gasteiger partial charge on any atom is 0.341 e. The molecule has 0 bridgehead atoms. The van der Waals surface area contributed by atoms with E-state index in [0.717, 1.165) is 12.8 Å². The first kappa shape index (κ1) is 22.2. The Morgan fingerprint density at radius 2 is 1.50 bits per heavy atom. The van der Waals surface area contributed by atoms with E-state index in [1.807, 2.05) is 0 Å². The topological polar surface area (TPSA) is 61.8 Å². The standard InChI is InChI=1S/C21H32O5/c1-15(24-14-10-13-20(2,3)4)25-18(22)16-11-8-9-12-17(16)19(23)26-21(5,6)7/h8-9,11-12,15H,10,13-14H2,1-7H3. The Morgan fingerprint density at radius 1 is 0.962 bits per heavy atom. The van der Waals surface area contributed by atoms with Crippen LogP contribution in [0.1, 0.15) is 82.0 Å². The SMILES string of the molecule is CC(OCCCC(C)(C)C)OC(=O)c1ccccc1C(=O)OC(C)(C)C. The Kier molecular flexibility index (Phi) is 7.82. The summed E-state index contributed by atoms with van der Waals surface area (Å²) in [6.45, 7) is 14.0. The minimum Gasteiger partial charge on any atom is -0.456 e. The number of carbonyl (C=O) groups is 2. The molecular formula is C21H32O5. The molecule has 5 nitrogen and oxygen atoms in total. The van der Waals surface area contributed by atoms with Gasteiger partial charge in [-0.15, -0.1) is 0 Å². The predicted molar refractivity (Wildman–Crippen MR) is 101 cm³/mol. The second kappa shape index (κ2) is 9.17. The molecular weight excluding hydrogens is 332 g/mol. The third-order valence-electron chi connectivity index (χ3n) is 3.46. The van der Waals surface area contributed by atoms with Gasteiger partial charge in [-0.2, -0.15) is 0 Å². The van der Waals surface area contributed by atoms with E-state index in [2.05, 4.69) is 20.8 Å². The summed E-state index contributed by atoms with van der Waals surface area (Å²) >= 11 is 0. The molecule has 1 atom stereocenters. The van der Waals surface area contributed by atoms with Crippen LogP contribution in [0.15, 0.2) is 24.3 Å². The molecule has 0 aliphatic carbocycles. The van der Waals surface area contributed by atoms with Gasteiger partial charge in [-0.25, -0.2) is 9.59 Å². The largest absolute Gasteiger partial charge is 0.456 e. The van der Waals surface area contributed by atoms with Gasteiger partial charge in [0.2, 0.25) is 0 Å². The van der Waals surface area contributed by atoms with E-state index in [-0.39, 0.29) is 16.5 Å². The number of rotatable bonds is 7. The Bertz CT molecular complexity index is 608. The molecule has 26 heavy (non-hydrogen) atoms. The van der Waals surface area contributed by atoms with E-state index in [4.69, 9.17) is 14.2 Å². The van der Waals surface area contributed by atoms with Crippen molar-refractivity contribution in [3.05, 3.63) is 35.4 Å². The number of esters is 2. The van der Waals surface area contributed by atoms with Gasteiger partial charge >= 0.3 is 11.9 Å². The van der Waals surface area contributed by atoms with E-state index in [9.17, 15) is 9.59 Å². The lowest BCUT2D eigenvalue weighted by atomic mass is 9.91. The molecule has 1 aromatic carbocycles. The lowest BCUT2D eigenvalue weighted by Crippen LogP contribution is -2.26. The molecule has 0 saturated carbocycles. The molecule has 0 amide bonds. The Labute approximate surface area is 157 Å². The average Bonchev–Trinajstić information content (AvgIpc) is 2.49. The first-order chi connectivity index (χ1) is 11.9. The first-order valence-electron chi connectivity index (χ1n) is 9.04. The van der Waals surface area contributed by atoms with Gasteiger partial charge in [-0.05, 0) is 58.1 Å². The van der Waals surface area contributed by atoms with Crippen LogP contribution >= 0.6 is 0 Å². The summed E-state index contributed by atoms with van der Waals surface area (Å²) in [5, 5.41) is 0. The zero-order valence-electron chi connectivity index (χ0n) is 17.0. The molecule has 0 aliphatic rings. The minimum atomic E-state index is -0.686. The van der Waals surface area contributed by atoms with Gasteiger partial charge < -0.3 is 14.2 Å². The van der Waals surface area contributed by atoms with Crippen LogP contribution in [0.3, 0.4) is 0 Å². The zero-order chi connectivity index (χ0) is 20.0. The lowest BCUT2D eigenvalue weighted by Gasteiger charge is -2.21. The molecule has 1 rings (SSSR count). The molecule has 0 spiro atoms. The summed E-state index contributed by atoms with van der Waals surface area (Å²) in [6.07, 6.45) is 1.23. The molecule has 1 unspecified atom stereocenters. The fourth-order valence-corrected chi connectivity index (χ4v) is 2.27. The van der Waals surface area contributed by atoms with Crippen LogP contribution < -0.4 is 0 Å². The second-order valence-electron chi connectivity index (χ2n) is 8.56. The van der Waals surface area contributed by atoms with Crippen LogP contribution in [0.2, 0.25) is 0 Å². The van der Waals surface area contributed by atoms with Crippen molar-refractivity contribution in [2.75, 3.05) is 6.61 Å². The fraction of sp³-hybridized carbons (Fsp3) is 0.619. The fourth-order valence-electron chi connectivity index (χ4n) is 2.27. The summed E-state index contributed by atoms with van der Waals surface area (Å²) < 4.78 is 16.2. The maximum atomic E-state index is 12.4.